The molecule has 3 aromatic rings. The summed E-state index contributed by atoms with van der Waals surface area (Å²) >= 11 is 0. The highest BCUT2D eigenvalue weighted by Gasteiger charge is 2.37. The van der Waals surface area contributed by atoms with E-state index in [4.69, 9.17) is 0 Å². The van der Waals surface area contributed by atoms with Crippen LogP contribution in [0, 0.1) is 0 Å². The van der Waals surface area contributed by atoms with E-state index < -0.39 is 11.5 Å². The Labute approximate surface area is 159 Å². The van der Waals surface area contributed by atoms with E-state index in [-0.39, 0.29) is 18.0 Å². The fourth-order valence-corrected chi connectivity index (χ4v) is 3.24. The summed E-state index contributed by atoms with van der Waals surface area (Å²) in [7, 11) is 0. The quantitative estimate of drug-likeness (QED) is 0.624. The van der Waals surface area contributed by atoms with Gasteiger partial charge < -0.3 is 5.11 Å². The summed E-state index contributed by atoms with van der Waals surface area (Å²) in [5, 5.41) is 11.0. The Morgan fingerprint density at radius 2 is 1.22 bits per heavy atom. The SMILES string of the molecule is CC(O)(CC(C(=O)c1ccccc1)c1ccccc1)C(=O)c1ccccc1. The van der Waals surface area contributed by atoms with Crippen LogP contribution in [0.15, 0.2) is 91.0 Å². The van der Waals surface area contributed by atoms with Crippen LogP contribution in [-0.2, 0) is 0 Å². The van der Waals surface area contributed by atoms with Crippen LogP contribution < -0.4 is 0 Å². The van der Waals surface area contributed by atoms with E-state index >= 15 is 0 Å². The number of Topliss-reactive ketones (excluding diaryl/α,β-unsaturated/α-hetero) is 2. The largest absolute Gasteiger partial charge is 0.382 e. The van der Waals surface area contributed by atoms with Gasteiger partial charge in [-0.15, -0.1) is 0 Å². The minimum Gasteiger partial charge on any atom is -0.382 e. The topological polar surface area (TPSA) is 54.4 Å². The van der Waals surface area contributed by atoms with Gasteiger partial charge in [0.1, 0.15) is 5.60 Å². The lowest BCUT2D eigenvalue weighted by Gasteiger charge is -2.27. The first-order chi connectivity index (χ1) is 13.0. The van der Waals surface area contributed by atoms with Crippen molar-refractivity contribution >= 4 is 11.6 Å². The molecule has 2 unspecified atom stereocenters. The zero-order chi connectivity index (χ0) is 19.3. The van der Waals surface area contributed by atoms with Crippen molar-refractivity contribution in [1.82, 2.24) is 0 Å². The Balaban J connectivity index is 1.94. The molecule has 0 heterocycles. The summed E-state index contributed by atoms with van der Waals surface area (Å²) < 4.78 is 0. The molecule has 0 aliphatic heterocycles. The average molecular weight is 358 g/mol. The van der Waals surface area contributed by atoms with E-state index in [0.29, 0.717) is 11.1 Å². The number of ketones is 2. The van der Waals surface area contributed by atoms with Gasteiger partial charge in [-0.25, -0.2) is 0 Å². The van der Waals surface area contributed by atoms with Crippen molar-refractivity contribution in [2.45, 2.75) is 24.9 Å². The molecule has 3 heteroatoms. The molecule has 0 amide bonds. The third-order valence-corrected chi connectivity index (χ3v) is 4.70. The summed E-state index contributed by atoms with van der Waals surface area (Å²) in [6, 6.07) is 27.0. The zero-order valence-corrected chi connectivity index (χ0v) is 15.2. The fraction of sp³-hybridized carbons (Fsp3) is 0.167. The van der Waals surface area contributed by atoms with Gasteiger partial charge in [0.15, 0.2) is 11.6 Å². The van der Waals surface area contributed by atoms with Crippen molar-refractivity contribution < 1.29 is 14.7 Å². The molecule has 0 aromatic heterocycles. The van der Waals surface area contributed by atoms with E-state index in [1.807, 2.05) is 54.6 Å². The minimum absolute atomic E-state index is 0.0124. The number of rotatable bonds is 7. The molecule has 0 saturated carbocycles. The van der Waals surface area contributed by atoms with Gasteiger partial charge in [0.2, 0.25) is 0 Å². The second-order valence-corrected chi connectivity index (χ2v) is 6.87. The molecule has 0 aliphatic carbocycles. The van der Waals surface area contributed by atoms with Crippen LogP contribution in [0.4, 0.5) is 0 Å². The van der Waals surface area contributed by atoms with Crippen molar-refractivity contribution in [2.75, 3.05) is 0 Å². The predicted molar refractivity (Wildman–Crippen MR) is 106 cm³/mol. The first kappa shape index (κ1) is 18.7. The Bertz CT molecular complexity index is 900. The van der Waals surface area contributed by atoms with Gasteiger partial charge in [0.25, 0.3) is 0 Å². The first-order valence-electron chi connectivity index (χ1n) is 8.95. The van der Waals surface area contributed by atoms with Crippen LogP contribution in [0.3, 0.4) is 0 Å². The molecule has 0 aliphatic rings. The Morgan fingerprint density at radius 1 is 0.778 bits per heavy atom. The minimum atomic E-state index is -1.66. The second-order valence-electron chi connectivity index (χ2n) is 6.87. The Morgan fingerprint density at radius 3 is 1.74 bits per heavy atom. The molecule has 0 spiro atoms. The normalized spacial score (nSPS) is 14.1. The van der Waals surface area contributed by atoms with Gasteiger partial charge in [-0.2, -0.15) is 0 Å². The molecule has 0 radical (unpaired) electrons. The van der Waals surface area contributed by atoms with Crippen molar-refractivity contribution in [3.8, 4) is 0 Å². The van der Waals surface area contributed by atoms with E-state index in [9.17, 15) is 14.7 Å². The zero-order valence-electron chi connectivity index (χ0n) is 15.2. The lowest BCUT2D eigenvalue weighted by molar-refractivity contribution is 0.0329. The molecule has 3 aromatic carbocycles. The average Bonchev–Trinajstić information content (AvgIpc) is 2.73. The number of benzene rings is 3. The van der Waals surface area contributed by atoms with Crippen molar-refractivity contribution in [3.05, 3.63) is 108 Å². The molecule has 1 N–H and O–H groups in total. The van der Waals surface area contributed by atoms with Gasteiger partial charge in [-0.05, 0) is 18.9 Å². The highest BCUT2D eigenvalue weighted by molar-refractivity contribution is 6.04. The standard InChI is InChI=1S/C24H22O3/c1-24(27,23(26)20-15-9-4-10-16-20)17-21(18-11-5-2-6-12-18)22(25)19-13-7-3-8-14-19/h2-16,21,27H,17H2,1H3. The van der Waals surface area contributed by atoms with Gasteiger partial charge in [-0.3, -0.25) is 9.59 Å². The summed E-state index contributed by atoms with van der Waals surface area (Å²) in [5.41, 5.74) is 0.120. The van der Waals surface area contributed by atoms with Gasteiger partial charge in [0, 0.05) is 11.1 Å². The predicted octanol–water partition coefficient (Wildman–Crippen LogP) is 4.68. The maximum absolute atomic E-state index is 13.2. The summed E-state index contributed by atoms with van der Waals surface area (Å²) in [5.74, 6) is -1.11. The van der Waals surface area contributed by atoms with Crippen molar-refractivity contribution in [3.63, 3.8) is 0 Å². The second kappa shape index (κ2) is 8.11. The molecule has 136 valence electrons. The van der Waals surface area contributed by atoms with Crippen LogP contribution in [0.2, 0.25) is 0 Å². The summed E-state index contributed by atoms with van der Waals surface area (Å²) in [4.78, 5) is 26.0. The molecule has 3 rings (SSSR count). The van der Waals surface area contributed by atoms with E-state index in [1.54, 1.807) is 36.4 Å². The van der Waals surface area contributed by atoms with E-state index in [0.717, 1.165) is 5.56 Å². The third-order valence-electron chi connectivity index (χ3n) is 4.70. The van der Waals surface area contributed by atoms with Crippen molar-refractivity contribution in [2.24, 2.45) is 0 Å². The van der Waals surface area contributed by atoms with Crippen LogP contribution in [-0.4, -0.2) is 22.3 Å². The molecular formula is C24H22O3. The molecule has 0 bridgehead atoms. The molecular weight excluding hydrogens is 336 g/mol. The molecule has 2 atom stereocenters. The summed E-state index contributed by atoms with van der Waals surface area (Å²) in [6.07, 6.45) is 0.0124. The molecule has 0 saturated heterocycles. The maximum atomic E-state index is 13.2. The van der Waals surface area contributed by atoms with Crippen LogP contribution in [0.5, 0.6) is 0 Å². The summed E-state index contributed by atoms with van der Waals surface area (Å²) in [6.45, 7) is 1.48. The van der Waals surface area contributed by atoms with E-state index in [1.165, 1.54) is 6.92 Å². The van der Waals surface area contributed by atoms with Crippen molar-refractivity contribution in [1.29, 1.82) is 0 Å². The number of aliphatic hydroxyl groups is 1. The maximum Gasteiger partial charge on any atom is 0.194 e. The molecule has 0 fully saturated rings. The van der Waals surface area contributed by atoms with Crippen LogP contribution >= 0.6 is 0 Å². The Hall–Kier alpha value is -3.04. The lowest BCUT2D eigenvalue weighted by atomic mass is 9.79. The van der Waals surface area contributed by atoms with E-state index in [2.05, 4.69) is 0 Å². The highest BCUT2D eigenvalue weighted by Crippen LogP contribution is 2.31. The number of hydrogen-bond acceptors (Lipinski definition) is 3. The fourth-order valence-electron chi connectivity index (χ4n) is 3.24. The van der Waals surface area contributed by atoms with Gasteiger partial charge in [0.05, 0.1) is 5.92 Å². The Kier molecular flexibility index (Phi) is 5.63. The number of hydrogen-bond donors (Lipinski definition) is 1. The number of carbonyl (C=O) groups is 2. The molecule has 27 heavy (non-hydrogen) atoms. The number of carbonyl (C=O) groups excluding carboxylic acids is 2. The van der Waals surface area contributed by atoms with Crippen LogP contribution in [0.1, 0.15) is 45.5 Å². The highest BCUT2D eigenvalue weighted by atomic mass is 16.3. The van der Waals surface area contributed by atoms with Gasteiger partial charge in [-0.1, -0.05) is 91.0 Å². The van der Waals surface area contributed by atoms with Crippen LogP contribution in [0.25, 0.3) is 0 Å². The first-order valence-corrected chi connectivity index (χ1v) is 8.95. The molecule has 3 nitrogen and oxygen atoms in total. The lowest BCUT2D eigenvalue weighted by Crippen LogP contribution is -2.38. The smallest absolute Gasteiger partial charge is 0.194 e. The van der Waals surface area contributed by atoms with Gasteiger partial charge >= 0.3 is 0 Å². The monoisotopic (exact) mass is 358 g/mol. The third kappa shape index (κ3) is 4.39.